The van der Waals surface area contributed by atoms with Gasteiger partial charge in [-0.2, -0.15) is 0 Å². The number of anilines is 1. The summed E-state index contributed by atoms with van der Waals surface area (Å²) < 4.78 is 29.9. The molecule has 3 rings (SSSR count). The van der Waals surface area contributed by atoms with E-state index in [1.807, 2.05) is 4.90 Å². The van der Waals surface area contributed by atoms with Crippen LogP contribution in [0.1, 0.15) is 12.8 Å². The fourth-order valence-electron chi connectivity index (χ4n) is 3.32. The molecule has 2 unspecified atom stereocenters. The number of amides is 1. The fourth-order valence-corrected chi connectivity index (χ4v) is 3.75. The highest BCUT2D eigenvalue weighted by Crippen LogP contribution is 2.19. The van der Waals surface area contributed by atoms with Crippen LogP contribution in [0, 0.1) is 5.82 Å². The maximum Gasteiger partial charge on any atom is 0.255 e. The second-order valence-corrected chi connectivity index (χ2v) is 7.89. The zero-order chi connectivity index (χ0) is 20.1. The quantitative estimate of drug-likeness (QED) is 0.725. The molecule has 0 saturated carbocycles. The average Bonchev–Trinajstić information content (AvgIpc) is 3.09. The Labute approximate surface area is 165 Å². The predicted octanol–water partition coefficient (Wildman–Crippen LogP) is 1.26. The molecule has 2 atom stereocenters. The number of nitrogens with one attached hydrogen (secondary N) is 2. The van der Waals surface area contributed by atoms with E-state index in [0.29, 0.717) is 12.2 Å². The second kappa shape index (κ2) is 9.22. The zero-order valence-electron chi connectivity index (χ0n) is 15.6. The van der Waals surface area contributed by atoms with Crippen LogP contribution in [0.15, 0.2) is 47.4 Å². The molecule has 1 aromatic carbocycles. The fraction of sp³-hybridized carbons (Fsp3) is 0.368. The van der Waals surface area contributed by atoms with Crippen molar-refractivity contribution in [1.82, 2.24) is 14.2 Å². The smallest absolute Gasteiger partial charge is 0.255 e. The lowest BCUT2D eigenvalue weighted by Crippen LogP contribution is -2.42. The third-order valence-corrected chi connectivity index (χ3v) is 5.27. The molecule has 1 aliphatic heterocycles. The molecule has 1 aromatic heterocycles. The van der Waals surface area contributed by atoms with Gasteiger partial charge in [0.2, 0.25) is 5.91 Å². The van der Waals surface area contributed by atoms with E-state index >= 15 is 0 Å². The van der Waals surface area contributed by atoms with Crippen LogP contribution >= 0.6 is 0 Å². The Morgan fingerprint density at radius 1 is 1.32 bits per heavy atom. The van der Waals surface area contributed by atoms with Gasteiger partial charge in [-0.3, -0.25) is 19.1 Å². The van der Waals surface area contributed by atoms with Crippen LogP contribution in [-0.2, 0) is 15.8 Å². The molecule has 1 aliphatic rings. The Kier molecular flexibility index (Phi) is 6.71. The highest BCUT2D eigenvalue weighted by Gasteiger charge is 2.26. The SMILES string of the molecule is CS(=O)NCC1CCCN1CC(=O)Nc1ccc(-n2ccccc2=O)cc1F. The van der Waals surface area contributed by atoms with Crippen molar-refractivity contribution in [3.8, 4) is 5.69 Å². The monoisotopic (exact) mass is 406 g/mol. The molecule has 1 fully saturated rings. The number of halogens is 1. The predicted molar refractivity (Wildman–Crippen MR) is 107 cm³/mol. The van der Waals surface area contributed by atoms with Gasteiger partial charge in [0.15, 0.2) is 0 Å². The molecule has 2 aromatic rings. The summed E-state index contributed by atoms with van der Waals surface area (Å²) in [4.78, 5) is 26.2. The third kappa shape index (κ3) is 5.12. The lowest BCUT2D eigenvalue weighted by molar-refractivity contribution is -0.117. The number of likely N-dealkylation sites (tertiary alicyclic amines) is 1. The van der Waals surface area contributed by atoms with Crippen LogP contribution in [0.25, 0.3) is 5.69 Å². The first-order valence-electron chi connectivity index (χ1n) is 9.02. The van der Waals surface area contributed by atoms with Crippen LogP contribution < -0.4 is 15.6 Å². The molecule has 150 valence electrons. The van der Waals surface area contributed by atoms with Gasteiger partial charge >= 0.3 is 0 Å². The molecule has 0 aliphatic carbocycles. The first kappa shape index (κ1) is 20.4. The molecule has 1 amide bonds. The number of carbonyl (C=O) groups excluding carboxylic acids is 1. The molecule has 7 nitrogen and oxygen atoms in total. The molecule has 0 radical (unpaired) electrons. The standard InChI is InChI=1S/C19H23FN4O3S/c1-28(27)21-12-15-5-4-9-23(15)13-18(25)22-17-8-7-14(11-16(17)20)24-10-3-2-6-19(24)26/h2-3,6-8,10-11,15,21H,4-5,9,12-13H2,1H3,(H,22,25). The van der Waals surface area contributed by atoms with Crippen molar-refractivity contribution in [2.75, 3.05) is 31.2 Å². The average molecular weight is 406 g/mol. The van der Waals surface area contributed by atoms with Crippen LogP contribution in [0.3, 0.4) is 0 Å². The first-order valence-corrected chi connectivity index (χ1v) is 10.6. The van der Waals surface area contributed by atoms with Gasteiger partial charge in [0.1, 0.15) is 5.82 Å². The largest absolute Gasteiger partial charge is 0.322 e. The minimum absolute atomic E-state index is 0.0706. The summed E-state index contributed by atoms with van der Waals surface area (Å²) in [6.07, 6.45) is 5.01. The summed E-state index contributed by atoms with van der Waals surface area (Å²) in [5.41, 5.74) is 0.195. The van der Waals surface area contributed by atoms with Gasteiger partial charge < -0.3 is 5.32 Å². The third-order valence-electron chi connectivity index (χ3n) is 4.70. The minimum Gasteiger partial charge on any atom is -0.322 e. The van der Waals surface area contributed by atoms with Crippen molar-refractivity contribution in [2.45, 2.75) is 18.9 Å². The normalized spacial score (nSPS) is 18.1. The summed E-state index contributed by atoms with van der Waals surface area (Å²) in [6.45, 7) is 1.46. The van der Waals surface area contributed by atoms with Gasteiger partial charge in [0, 0.05) is 37.2 Å². The summed E-state index contributed by atoms with van der Waals surface area (Å²) in [5, 5.41) is 2.59. The molecule has 2 heterocycles. The summed E-state index contributed by atoms with van der Waals surface area (Å²) in [5.74, 6) is -0.921. The van der Waals surface area contributed by atoms with Crippen molar-refractivity contribution < 1.29 is 13.4 Å². The van der Waals surface area contributed by atoms with Gasteiger partial charge in [0.25, 0.3) is 5.56 Å². The van der Waals surface area contributed by atoms with Crippen molar-refractivity contribution in [1.29, 1.82) is 0 Å². The van der Waals surface area contributed by atoms with E-state index in [2.05, 4.69) is 10.0 Å². The van der Waals surface area contributed by atoms with Gasteiger partial charge in [-0.25, -0.2) is 13.3 Å². The van der Waals surface area contributed by atoms with Crippen molar-refractivity contribution >= 4 is 22.6 Å². The van der Waals surface area contributed by atoms with E-state index < -0.39 is 16.8 Å². The lowest BCUT2D eigenvalue weighted by Gasteiger charge is -2.23. The molecule has 0 spiro atoms. The molecule has 2 N–H and O–H groups in total. The molecular weight excluding hydrogens is 383 g/mol. The van der Waals surface area contributed by atoms with Gasteiger partial charge in [-0.1, -0.05) is 6.07 Å². The second-order valence-electron chi connectivity index (χ2n) is 6.69. The van der Waals surface area contributed by atoms with Gasteiger partial charge in [-0.05, 0) is 37.6 Å². The molecule has 1 saturated heterocycles. The highest BCUT2D eigenvalue weighted by molar-refractivity contribution is 7.82. The number of hydrogen-bond acceptors (Lipinski definition) is 4. The number of nitrogens with zero attached hydrogens (tertiary/aromatic N) is 2. The number of carbonyl (C=O) groups is 1. The molecule has 9 heteroatoms. The Balaban J connectivity index is 1.63. The van der Waals surface area contributed by atoms with Crippen LogP contribution in [-0.4, -0.2) is 51.5 Å². The van der Waals surface area contributed by atoms with Gasteiger partial charge in [0.05, 0.1) is 28.9 Å². The maximum atomic E-state index is 14.4. The number of aromatic nitrogens is 1. The van der Waals surface area contributed by atoms with Crippen molar-refractivity contribution in [3.63, 3.8) is 0 Å². The van der Waals surface area contributed by atoms with Crippen LogP contribution in [0.2, 0.25) is 0 Å². The molecule has 28 heavy (non-hydrogen) atoms. The molecular formula is C19H23FN4O3S. The summed E-state index contributed by atoms with van der Waals surface area (Å²) in [6, 6.07) is 9.07. The van der Waals surface area contributed by atoms with Crippen molar-refractivity contribution in [2.24, 2.45) is 0 Å². The first-order chi connectivity index (χ1) is 13.4. The van der Waals surface area contributed by atoms with Crippen LogP contribution in [0.4, 0.5) is 10.1 Å². The maximum absolute atomic E-state index is 14.4. The number of benzene rings is 1. The topological polar surface area (TPSA) is 83.4 Å². The molecule has 0 bridgehead atoms. The Hall–Kier alpha value is -2.36. The number of rotatable bonds is 7. The van der Waals surface area contributed by atoms with Crippen LogP contribution in [0.5, 0.6) is 0 Å². The Morgan fingerprint density at radius 2 is 2.14 bits per heavy atom. The van der Waals surface area contributed by atoms with Gasteiger partial charge in [-0.15, -0.1) is 0 Å². The summed E-state index contributed by atoms with van der Waals surface area (Å²) in [7, 11) is -1.09. The lowest BCUT2D eigenvalue weighted by atomic mass is 10.2. The minimum atomic E-state index is -1.09. The van der Waals surface area contributed by atoms with E-state index in [-0.39, 0.29) is 29.7 Å². The van der Waals surface area contributed by atoms with E-state index in [1.165, 1.54) is 22.8 Å². The zero-order valence-corrected chi connectivity index (χ0v) is 16.4. The number of pyridine rings is 1. The van der Waals surface area contributed by atoms with E-state index in [1.54, 1.807) is 30.7 Å². The summed E-state index contributed by atoms with van der Waals surface area (Å²) >= 11 is 0. The van der Waals surface area contributed by atoms with E-state index in [4.69, 9.17) is 0 Å². The van der Waals surface area contributed by atoms with E-state index in [0.717, 1.165) is 19.4 Å². The van der Waals surface area contributed by atoms with E-state index in [9.17, 15) is 18.2 Å². The highest BCUT2D eigenvalue weighted by atomic mass is 32.2. The Morgan fingerprint density at radius 3 is 2.86 bits per heavy atom. The Bertz CT molecular complexity index is 933. The number of hydrogen-bond donors (Lipinski definition) is 2. The van der Waals surface area contributed by atoms with Crippen molar-refractivity contribution in [3.05, 3.63) is 58.8 Å².